The summed E-state index contributed by atoms with van der Waals surface area (Å²) in [4.78, 5) is 14.0. The fourth-order valence-corrected chi connectivity index (χ4v) is 3.08. The Bertz CT molecular complexity index is 675. The van der Waals surface area contributed by atoms with Crippen molar-refractivity contribution < 1.29 is 18.8 Å². The van der Waals surface area contributed by atoms with Gasteiger partial charge in [-0.25, -0.2) is 4.79 Å². The number of benzene rings is 1. The van der Waals surface area contributed by atoms with Crippen LogP contribution in [-0.2, 0) is 14.0 Å². The molecule has 0 aliphatic carbocycles. The molecule has 2 heterocycles. The molecular formula is C20H31BN2O4. The first-order valence-corrected chi connectivity index (χ1v) is 9.56. The Balaban J connectivity index is 1.52. The van der Waals surface area contributed by atoms with Crippen LogP contribution in [0.25, 0.3) is 0 Å². The summed E-state index contributed by atoms with van der Waals surface area (Å²) < 4.78 is 17.5. The summed E-state index contributed by atoms with van der Waals surface area (Å²) in [5, 5.41) is 2.90. The first kappa shape index (κ1) is 20.0. The molecule has 0 spiro atoms. The van der Waals surface area contributed by atoms with Gasteiger partial charge in [-0.1, -0.05) is 12.1 Å². The molecule has 1 aromatic carbocycles. The van der Waals surface area contributed by atoms with Crippen LogP contribution in [-0.4, -0.2) is 49.1 Å². The van der Waals surface area contributed by atoms with E-state index in [-0.39, 0.29) is 30.5 Å². The van der Waals surface area contributed by atoms with Crippen molar-refractivity contribution in [1.29, 1.82) is 0 Å². The van der Waals surface area contributed by atoms with Crippen molar-refractivity contribution in [2.75, 3.05) is 18.0 Å². The summed E-state index contributed by atoms with van der Waals surface area (Å²) in [6, 6.07) is 8.36. The molecule has 1 aromatic rings. The summed E-state index contributed by atoms with van der Waals surface area (Å²) in [6.45, 7) is 15.4. The Kier molecular flexibility index (Phi) is 4.97. The minimum absolute atomic E-state index is 0.114. The largest absolute Gasteiger partial charge is 0.494 e. The van der Waals surface area contributed by atoms with Crippen molar-refractivity contribution in [3.63, 3.8) is 0 Å². The highest BCUT2D eigenvalue weighted by molar-refractivity contribution is 6.62. The predicted octanol–water partition coefficient (Wildman–Crippen LogP) is 2.70. The maximum absolute atomic E-state index is 11.8. The Hall–Kier alpha value is -1.73. The molecule has 27 heavy (non-hydrogen) atoms. The van der Waals surface area contributed by atoms with E-state index in [1.807, 2.05) is 32.9 Å². The maximum atomic E-state index is 11.8. The van der Waals surface area contributed by atoms with Crippen molar-refractivity contribution in [3.05, 3.63) is 24.3 Å². The summed E-state index contributed by atoms with van der Waals surface area (Å²) in [5.41, 5.74) is 0.985. The first-order chi connectivity index (χ1) is 12.4. The Morgan fingerprint density at radius 2 is 1.63 bits per heavy atom. The normalized spacial score (nSPS) is 21.7. The van der Waals surface area contributed by atoms with Gasteiger partial charge in [0.05, 0.1) is 17.2 Å². The van der Waals surface area contributed by atoms with Gasteiger partial charge in [0.1, 0.15) is 5.60 Å². The molecule has 148 valence electrons. The number of amides is 1. The lowest BCUT2D eigenvalue weighted by Crippen LogP contribution is -2.60. The highest BCUT2D eigenvalue weighted by Gasteiger charge is 2.51. The van der Waals surface area contributed by atoms with E-state index in [0.29, 0.717) is 0 Å². The van der Waals surface area contributed by atoms with Crippen LogP contribution in [0.15, 0.2) is 24.3 Å². The number of hydrogen-bond donors (Lipinski definition) is 1. The van der Waals surface area contributed by atoms with Gasteiger partial charge in [-0.15, -0.1) is 0 Å². The molecule has 1 amide bonds. The summed E-state index contributed by atoms with van der Waals surface area (Å²) in [5.74, 6) is 0. The number of nitrogens with zero attached hydrogens (tertiary/aromatic N) is 1. The van der Waals surface area contributed by atoms with E-state index in [1.165, 1.54) is 0 Å². The van der Waals surface area contributed by atoms with E-state index < -0.39 is 5.60 Å². The number of nitrogens with one attached hydrogen (secondary N) is 1. The van der Waals surface area contributed by atoms with Gasteiger partial charge in [0, 0.05) is 18.8 Å². The number of ether oxygens (including phenoxy) is 1. The molecule has 0 radical (unpaired) electrons. The van der Waals surface area contributed by atoms with E-state index in [2.05, 4.69) is 50.0 Å². The lowest BCUT2D eigenvalue weighted by molar-refractivity contribution is 0.00578. The molecule has 2 aliphatic rings. The molecule has 2 aliphatic heterocycles. The number of rotatable bonds is 3. The summed E-state index contributed by atoms with van der Waals surface area (Å²) >= 11 is 0. The first-order valence-electron chi connectivity index (χ1n) is 9.56. The van der Waals surface area contributed by atoms with Crippen LogP contribution >= 0.6 is 0 Å². The third kappa shape index (κ3) is 4.41. The van der Waals surface area contributed by atoms with Gasteiger partial charge in [-0.3, -0.25) is 0 Å². The molecule has 0 saturated carbocycles. The number of carbonyl (C=O) groups is 1. The number of anilines is 1. The number of alkyl carbamates (subject to hydrolysis) is 1. The van der Waals surface area contributed by atoms with E-state index in [4.69, 9.17) is 14.0 Å². The molecule has 3 rings (SSSR count). The molecular weight excluding hydrogens is 343 g/mol. The molecule has 0 atom stereocenters. The van der Waals surface area contributed by atoms with Gasteiger partial charge in [-0.05, 0) is 66.1 Å². The Labute approximate surface area is 162 Å². The minimum Gasteiger partial charge on any atom is -0.444 e. The fourth-order valence-electron chi connectivity index (χ4n) is 3.08. The molecule has 1 N–H and O–H groups in total. The SMILES string of the molecule is CC(C)(C)OC(=O)NC1CN(c2ccc(B3OC(C)(C)C(C)(C)O3)cc2)C1. The van der Waals surface area contributed by atoms with E-state index >= 15 is 0 Å². The second kappa shape index (κ2) is 6.71. The standard InChI is InChI=1S/C20H31BN2O4/c1-18(2,3)25-17(24)22-15-12-23(13-15)16-10-8-14(9-11-16)21-26-19(4,5)20(6,7)27-21/h8-11,15H,12-13H2,1-7H3,(H,22,24). The molecule has 7 heteroatoms. The van der Waals surface area contributed by atoms with E-state index in [0.717, 1.165) is 24.2 Å². The Morgan fingerprint density at radius 3 is 2.11 bits per heavy atom. The zero-order valence-corrected chi connectivity index (χ0v) is 17.5. The van der Waals surface area contributed by atoms with Crippen molar-refractivity contribution in [2.24, 2.45) is 0 Å². The van der Waals surface area contributed by atoms with Gasteiger partial charge in [0.15, 0.2) is 0 Å². The van der Waals surface area contributed by atoms with Crippen LogP contribution in [0.4, 0.5) is 10.5 Å². The molecule has 6 nitrogen and oxygen atoms in total. The number of carbonyl (C=O) groups excluding carboxylic acids is 1. The highest BCUT2D eigenvalue weighted by atomic mass is 16.7. The average molecular weight is 374 g/mol. The van der Waals surface area contributed by atoms with E-state index in [9.17, 15) is 4.79 Å². The van der Waals surface area contributed by atoms with Crippen LogP contribution in [0.1, 0.15) is 48.5 Å². The van der Waals surface area contributed by atoms with E-state index in [1.54, 1.807) is 0 Å². The van der Waals surface area contributed by atoms with Crippen molar-refractivity contribution in [2.45, 2.75) is 71.3 Å². The number of hydrogen-bond acceptors (Lipinski definition) is 5. The second-order valence-corrected chi connectivity index (χ2v) is 9.43. The fraction of sp³-hybridized carbons (Fsp3) is 0.650. The van der Waals surface area contributed by atoms with Crippen LogP contribution < -0.4 is 15.7 Å². The molecule has 0 aromatic heterocycles. The summed E-state index contributed by atoms with van der Waals surface area (Å²) in [6.07, 6.45) is -0.358. The maximum Gasteiger partial charge on any atom is 0.494 e. The molecule has 0 bridgehead atoms. The third-order valence-corrected chi connectivity index (χ3v) is 5.39. The zero-order valence-electron chi connectivity index (χ0n) is 17.5. The van der Waals surface area contributed by atoms with Crippen LogP contribution in [0.2, 0.25) is 0 Å². The minimum atomic E-state index is -0.475. The topological polar surface area (TPSA) is 60.0 Å². The molecule has 2 fully saturated rings. The zero-order chi connectivity index (χ0) is 20.0. The lowest BCUT2D eigenvalue weighted by atomic mass is 9.79. The smallest absolute Gasteiger partial charge is 0.444 e. The highest BCUT2D eigenvalue weighted by Crippen LogP contribution is 2.36. The van der Waals surface area contributed by atoms with Gasteiger partial charge in [0.25, 0.3) is 0 Å². The van der Waals surface area contributed by atoms with Gasteiger partial charge >= 0.3 is 13.2 Å². The predicted molar refractivity (Wildman–Crippen MR) is 108 cm³/mol. The Morgan fingerprint density at radius 1 is 1.11 bits per heavy atom. The van der Waals surface area contributed by atoms with Crippen LogP contribution in [0, 0.1) is 0 Å². The lowest BCUT2D eigenvalue weighted by Gasteiger charge is -2.41. The second-order valence-electron chi connectivity index (χ2n) is 9.43. The monoisotopic (exact) mass is 374 g/mol. The molecule has 0 unspecified atom stereocenters. The quantitative estimate of drug-likeness (QED) is 0.825. The third-order valence-electron chi connectivity index (χ3n) is 5.39. The summed E-state index contributed by atoms with van der Waals surface area (Å²) in [7, 11) is -0.345. The van der Waals surface area contributed by atoms with Crippen LogP contribution in [0.3, 0.4) is 0 Å². The van der Waals surface area contributed by atoms with Crippen molar-refractivity contribution in [3.8, 4) is 0 Å². The van der Waals surface area contributed by atoms with Crippen molar-refractivity contribution >= 4 is 24.4 Å². The van der Waals surface area contributed by atoms with Crippen LogP contribution in [0.5, 0.6) is 0 Å². The van der Waals surface area contributed by atoms with Gasteiger partial charge in [0.2, 0.25) is 0 Å². The van der Waals surface area contributed by atoms with Gasteiger partial charge in [-0.2, -0.15) is 0 Å². The van der Waals surface area contributed by atoms with Gasteiger partial charge < -0.3 is 24.3 Å². The molecule has 2 saturated heterocycles. The van der Waals surface area contributed by atoms with Crippen molar-refractivity contribution in [1.82, 2.24) is 5.32 Å². The average Bonchev–Trinajstić information content (AvgIpc) is 2.69.